The molecule has 0 spiro atoms. The lowest BCUT2D eigenvalue weighted by Crippen LogP contribution is -2.46. The van der Waals surface area contributed by atoms with Gasteiger partial charge in [0.1, 0.15) is 0 Å². The molecule has 29 heavy (non-hydrogen) atoms. The Morgan fingerprint density at radius 2 is 1.69 bits per heavy atom. The van der Waals surface area contributed by atoms with Gasteiger partial charge >= 0.3 is 0 Å². The number of anilines is 1. The summed E-state index contributed by atoms with van der Waals surface area (Å²) < 4.78 is 11.8. The quantitative estimate of drug-likeness (QED) is 0.653. The standard InChI is InChI=1S/C22H23BrN2O4/c1-13-17-11-20(29-3)19(28-2)10-14(17)8-9-24(13)18-12-21(26)25(22(18)27)16-6-4-15(23)5-7-16/h4-7,10-11,13,18H,8-9,12H2,1-3H3. The van der Waals surface area contributed by atoms with E-state index in [0.29, 0.717) is 23.7 Å². The summed E-state index contributed by atoms with van der Waals surface area (Å²) in [6.45, 7) is 2.78. The molecule has 2 atom stereocenters. The second-order valence-electron chi connectivity index (χ2n) is 7.33. The fraction of sp³-hybridized carbons (Fsp3) is 0.364. The van der Waals surface area contributed by atoms with Gasteiger partial charge in [-0.2, -0.15) is 0 Å². The van der Waals surface area contributed by atoms with Crippen LogP contribution >= 0.6 is 15.9 Å². The number of carbonyl (C=O) groups excluding carboxylic acids is 2. The van der Waals surface area contributed by atoms with Crippen molar-refractivity contribution in [1.82, 2.24) is 4.90 Å². The molecule has 0 N–H and O–H groups in total. The number of ether oxygens (including phenoxy) is 2. The SMILES string of the molecule is COc1cc2c(cc1OC)C(C)N(C1CC(=O)N(c3ccc(Br)cc3)C1=O)CC2. The maximum atomic E-state index is 13.2. The van der Waals surface area contributed by atoms with Gasteiger partial charge < -0.3 is 9.47 Å². The van der Waals surface area contributed by atoms with E-state index in [1.807, 2.05) is 24.3 Å². The molecule has 0 aliphatic carbocycles. The van der Waals surface area contributed by atoms with E-state index in [4.69, 9.17) is 9.47 Å². The summed E-state index contributed by atoms with van der Waals surface area (Å²) in [5.41, 5.74) is 2.91. The Bertz CT molecular complexity index is 960. The monoisotopic (exact) mass is 458 g/mol. The number of fused-ring (bicyclic) bond motifs is 1. The zero-order chi connectivity index (χ0) is 20.7. The summed E-state index contributed by atoms with van der Waals surface area (Å²) in [6, 6.07) is 10.8. The Morgan fingerprint density at radius 1 is 1.03 bits per heavy atom. The fourth-order valence-corrected chi connectivity index (χ4v) is 4.59. The summed E-state index contributed by atoms with van der Waals surface area (Å²) in [6.07, 6.45) is 0.984. The first-order valence-electron chi connectivity index (χ1n) is 9.57. The minimum absolute atomic E-state index is 0.00910. The molecule has 0 radical (unpaired) electrons. The molecule has 0 aromatic heterocycles. The third-order valence-corrected chi connectivity index (χ3v) is 6.37. The van der Waals surface area contributed by atoms with Crippen LogP contribution in [0.4, 0.5) is 5.69 Å². The highest BCUT2D eigenvalue weighted by Crippen LogP contribution is 2.40. The zero-order valence-electron chi connectivity index (χ0n) is 16.6. The minimum Gasteiger partial charge on any atom is -0.493 e. The van der Waals surface area contributed by atoms with Crippen molar-refractivity contribution < 1.29 is 19.1 Å². The van der Waals surface area contributed by atoms with E-state index < -0.39 is 6.04 Å². The topological polar surface area (TPSA) is 59.1 Å². The van der Waals surface area contributed by atoms with E-state index in [1.165, 1.54) is 10.5 Å². The molecule has 2 aliphatic heterocycles. The summed E-state index contributed by atoms with van der Waals surface area (Å²) in [5, 5.41) is 0. The van der Waals surface area contributed by atoms with Crippen molar-refractivity contribution in [3.8, 4) is 11.5 Å². The van der Waals surface area contributed by atoms with Crippen LogP contribution in [0.25, 0.3) is 0 Å². The Hall–Kier alpha value is -2.38. The number of carbonyl (C=O) groups is 2. The molecule has 2 aromatic rings. The summed E-state index contributed by atoms with van der Waals surface area (Å²) >= 11 is 3.39. The van der Waals surface area contributed by atoms with Crippen molar-refractivity contribution >= 4 is 33.4 Å². The Balaban J connectivity index is 1.62. The van der Waals surface area contributed by atoms with Crippen LogP contribution in [-0.4, -0.2) is 43.5 Å². The molecule has 7 heteroatoms. The van der Waals surface area contributed by atoms with Crippen LogP contribution in [0.1, 0.15) is 30.5 Å². The van der Waals surface area contributed by atoms with Gasteiger partial charge in [0.05, 0.1) is 32.4 Å². The lowest BCUT2D eigenvalue weighted by atomic mass is 9.91. The minimum atomic E-state index is -0.456. The van der Waals surface area contributed by atoms with Gasteiger partial charge in [0.15, 0.2) is 11.5 Å². The van der Waals surface area contributed by atoms with Gasteiger partial charge in [-0.15, -0.1) is 0 Å². The Labute approximate surface area is 178 Å². The number of nitrogens with zero attached hydrogens (tertiary/aromatic N) is 2. The van der Waals surface area contributed by atoms with Gasteiger partial charge in [0, 0.05) is 17.1 Å². The third-order valence-electron chi connectivity index (χ3n) is 5.84. The molecule has 2 heterocycles. The summed E-state index contributed by atoms with van der Waals surface area (Å²) in [7, 11) is 3.24. The van der Waals surface area contributed by atoms with Crippen molar-refractivity contribution in [2.24, 2.45) is 0 Å². The van der Waals surface area contributed by atoms with Gasteiger partial charge in [0.2, 0.25) is 5.91 Å². The Kier molecular flexibility index (Phi) is 5.36. The number of halogens is 1. The van der Waals surface area contributed by atoms with E-state index in [9.17, 15) is 9.59 Å². The molecule has 2 unspecified atom stereocenters. The molecule has 4 rings (SSSR count). The van der Waals surface area contributed by atoms with Gasteiger partial charge in [-0.25, -0.2) is 4.90 Å². The fourth-order valence-electron chi connectivity index (χ4n) is 4.33. The van der Waals surface area contributed by atoms with Gasteiger partial charge in [-0.3, -0.25) is 14.5 Å². The average Bonchev–Trinajstić information content (AvgIpc) is 3.02. The molecule has 2 aromatic carbocycles. The molecule has 6 nitrogen and oxygen atoms in total. The predicted molar refractivity (Wildman–Crippen MR) is 113 cm³/mol. The van der Waals surface area contributed by atoms with E-state index in [1.54, 1.807) is 26.4 Å². The molecular weight excluding hydrogens is 436 g/mol. The van der Waals surface area contributed by atoms with Gasteiger partial charge in [0.25, 0.3) is 5.91 Å². The molecule has 152 valence electrons. The van der Waals surface area contributed by atoms with Crippen molar-refractivity contribution in [3.05, 3.63) is 52.0 Å². The first kappa shape index (κ1) is 19.9. The number of rotatable bonds is 4. The lowest BCUT2D eigenvalue weighted by molar-refractivity contribution is -0.123. The average molecular weight is 459 g/mol. The van der Waals surface area contributed by atoms with Crippen LogP contribution in [0.5, 0.6) is 11.5 Å². The van der Waals surface area contributed by atoms with Crippen LogP contribution in [0.2, 0.25) is 0 Å². The van der Waals surface area contributed by atoms with Crippen molar-refractivity contribution in [1.29, 1.82) is 0 Å². The van der Waals surface area contributed by atoms with E-state index in [2.05, 4.69) is 27.8 Å². The first-order valence-corrected chi connectivity index (χ1v) is 10.4. The van der Waals surface area contributed by atoms with Crippen LogP contribution in [0.3, 0.4) is 0 Å². The van der Waals surface area contributed by atoms with E-state index in [-0.39, 0.29) is 24.3 Å². The highest BCUT2D eigenvalue weighted by Gasteiger charge is 2.45. The molecule has 0 bridgehead atoms. The summed E-state index contributed by atoms with van der Waals surface area (Å²) in [4.78, 5) is 29.3. The molecule has 1 saturated heterocycles. The third kappa shape index (κ3) is 3.42. The maximum Gasteiger partial charge on any atom is 0.251 e. The summed E-state index contributed by atoms with van der Waals surface area (Å²) in [5.74, 6) is 1.06. The zero-order valence-corrected chi connectivity index (χ0v) is 18.2. The number of hydrogen-bond acceptors (Lipinski definition) is 5. The normalized spacial score (nSPS) is 22.0. The number of hydrogen-bond donors (Lipinski definition) is 0. The first-order chi connectivity index (χ1) is 13.9. The highest BCUT2D eigenvalue weighted by molar-refractivity contribution is 9.10. The second kappa shape index (κ2) is 7.80. The highest BCUT2D eigenvalue weighted by atomic mass is 79.9. The molecule has 1 fully saturated rings. The number of methoxy groups -OCH3 is 2. The maximum absolute atomic E-state index is 13.2. The lowest BCUT2D eigenvalue weighted by Gasteiger charge is -2.38. The molecular formula is C22H23BrN2O4. The van der Waals surface area contributed by atoms with Crippen molar-refractivity contribution in [2.75, 3.05) is 25.7 Å². The molecule has 2 amide bonds. The van der Waals surface area contributed by atoms with Crippen LogP contribution in [-0.2, 0) is 16.0 Å². The van der Waals surface area contributed by atoms with Gasteiger partial charge in [-0.1, -0.05) is 15.9 Å². The molecule has 2 aliphatic rings. The second-order valence-corrected chi connectivity index (χ2v) is 8.25. The predicted octanol–water partition coefficient (Wildman–Crippen LogP) is 3.72. The smallest absolute Gasteiger partial charge is 0.251 e. The van der Waals surface area contributed by atoms with E-state index >= 15 is 0 Å². The van der Waals surface area contributed by atoms with Crippen LogP contribution < -0.4 is 14.4 Å². The van der Waals surface area contributed by atoms with E-state index in [0.717, 1.165) is 16.5 Å². The Morgan fingerprint density at radius 3 is 2.34 bits per heavy atom. The van der Waals surface area contributed by atoms with Gasteiger partial charge in [-0.05, 0) is 60.9 Å². The number of amides is 2. The van der Waals surface area contributed by atoms with Crippen molar-refractivity contribution in [3.63, 3.8) is 0 Å². The van der Waals surface area contributed by atoms with Crippen molar-refractivity contribution in [2.45, 2.75) is 31.8 Å². The van der Waals surface area contributed by atoms with Crippen LogP contribution in [0, 0.1) is 0 Å². The van der Waals surface area contributed by atoms with Crippen LogP contribution in [0.15, 0.2) is 40.9 Å². The molecule has 0 saturated carbocycles. The number of benzene rings is 2. The number of imide groups is 1. The largest absolute Gasteiger partial charge is 0.493 e.